The number of rotatable bonds is 5. The number of esters is 1. The average molecular weight is 201 g/mol. The van der Waals surface area contributed by atoms with Gasteiger partial charge >= 0.3 is 5.97 Å². The summed E-state index contributed by atoms with van der Waals surface area (Å²) in [5.41, 5.74) is 10.3. The molecule has 0 fully saturated rings. The molecule has 1 unspecified atom stereocenters. The van der Waals surface area contributed by atoms with Gasteiger partial charge in [0, 0.05) is 0 Å². The first-order valence-corrected chi connectivity index (χ1v) is 4.80. The van der Waals surface area contributed by atoms with Crippen LogP contribution in [-0.2, 0) is 9.53 Å². The second kappa shape index (κ2) is 6.23. The molecule has 0 bridgehead atoms. The van der Waals surface area contributed by atoms with Crippen LogP contribution in [0, 0.1) is 5.92 Å². The molecule has 0 aliphatic carbocycles. The van der Waals surface area contributed by atoms with Crippen LogP contribution in [0.4, 0.5) is 0 Å². The molecular formula is C9H19N3O2. The highest BCUT2D eigenvalue weighted by atomic mass is 16.6. The Morgan fingerprint density at radius 2 is 1.86 bits per heavy atom. The molecule has 0 aromatic carbocycles. The molecule has 5 nitrogen and oxygen atoms in total. The number of aliphatic imine (C=N–C) groups is 1. The number of nitrogens with zero attached hydrogens (tertiary/aromatic N) is 1. The number of guanidine groups is 1. The molecule has 0 heterocycles. The van der Waals surface area contributed by atoms with Crippen LogP contribution in [0.15, 0.2) is 4.99 Å². The molecule has 0 aliphatic rings. The Kier molecular flexibility index (Phi) is 5.67. The van der Waals surface area contributed by atoms with Crippen LogP contribution in [0.2, 0.25) is 0 Å². The summed E-state index contributed by atoms with van der Waals surface area (Å²) >= 11 is 0. The lowest BCUT2D eigenvalue weighted by molar-refractivity contribution is -0.153. The van der Waals surface area contributed by atoms with E-state index in [4.69, 9.17) is 16.2 Å². The summed E-state index contributed by atoms with van der Waals surface area (Å²) in [6, 6.07) is 0. The van der Waals surface area contributed by atoms with Gasteiger partial charge in [0.2, 0.25) is 0 Å². The minimum atomic E-state index is -0.604. The number of hydrogen-bond donors (Lipinski definition) is 2. The topological polar surface area (TPSA) is 90.7 Å². The van der Waals surface area contributed by atoms with Crippen molar-refractivity contribution in [2.45, 2.75) is 39.8 Å². The second-order valence-corrected chi connectivity index (χ2v) is 3.10. The van der Waals surface area contributed by atoms with Gasteiger partial charge in [0.15, 0.2) is 12.2 Å². The van der Waals surface area contributed by atoms with Gasteiger partial charge < -0.3 is 16.2 Å². The van der Waals surface area contributed by atoms with Gasteiger partial charge in [-0.25, -0.2) is 4.99 Å². The van der Waals surface area contributed by atoms with Gasteiger partial charge in [-0.05, 0) is 19.8 Å². The summed E-state index contributed by atoms with van der Waals surface area (Å²) in [7, 11) is 0. The fourth-order valence-electron chi connectivity index (χ4n) is 1.12. The van der Waals surface area contributed by atoms with Crippen molar-refractivity contribution in [2.24, 2.45) is 22.4 Å². The predicted molar refractivity (Wildman–Crippen MR) is 55.4 cm³/mol. The fraction of sp³-hybridized carbons (Fsp3) is 0.778. The maximum atomic E-state index is 11.4. The Hall–Kier alpha value is -1.26. The van der Waals surface area contributed by atoms with E-state index in [1.807, 2.05) is 13.8 Å². The van der Waals surface area contributed by atoms with Crippen LogP contribution in [0.1, 0.15) is 33.6 Å². The molecule has 0 amide bonds. The van der Waals surface area contributed by atoms with E-state index < -0.39 is 6.23 Å². The Morgan fingerprint density at radius 1 is 1.36 bits per heavy atom. The highest BCUT2D eigenvalue weighted by molar-refractivity contribution is 5.76. The monoisotopic (exact) mass is 201 g/mol. The van der Waals surface area contributed by atoms with Crippen molar-refractivity contribution in [3.8, 4) is 0 Å². The van der Waals surface area contributed by atoms with E-state index in [-0.39, 0.29) is 17.8 Å². The zero-order chi connectivity index (χ0) is 11.1. The molecule has 0 saturated heterocycles. The van der Waals surface area contributed by atoms with Crippen molar-refractivity contribution < 1.29 is 9.53 Å². The highest BCUT2D eigenvalue weighted by Crippen LogP contribution is 2.11. The molecule has 0 aromatic heterocycles. The molecule has 0 spiro atoms. The van der Waals surface area contributed by atoms with Gasteiger partial charge in [-0.1, -0.05) is 13.8 Å². The highest BCUT2D eigenvalue weighted by Gasteiger charge is 2.17. The normalized spacial score (nSPS) is 12.3. The molecule has 5 heteroatoms. The van der Waals surface area contributed by atoms with E-state index in [1.54, 1.807) is 6.92 Å². The van der Waals surface area contributed by atoms with E-state index in [0.717, 1.165) is 12.8 Å². The van der Waals surface area contributed by atoms with Gasteiger partial charge in [-0.2, -0.15) is 0 Å². The molecule has 0 aliphatic heterocycles. The molecule has 0 aromatic rings. The Morgan fingerprint density at radius 3 is 2.21 bits per heavy atom. The van der Waals surface area contributed by atoms with Gasteiger partial charge in [-0.15, -0.1) is 0 Å². The van der Waals surface area contributed by atoms with E-state index in [1.165, 1.54) is 0 Å². The third-order valence-corrected chi connectivity index (χ3v) is 1.94. The van der Waals surface area contributed by atoms with E-state index in [9.17, 15) is 4.79 Å². The molecule has 0 radical (unpaired) electrons. The van der Waals surface area contributed by atoms with Crippen molar-refractivity contribution in [2.75, 3.05) is 0 Å². The molecule has 0 saturated carbocycles. The molecule has 14 heavy (non-hydrogen) atoms. The number of nitrogens with two attached hydrogens (primary N) is 2. The van der Waals surface area contributed by atoms with Crippen LogP contribution >= 0.6 is 0 Å². The van der Waals surface area contributed by atoms with E-state index >= 15 is 0 Å². The zero-order valence-corrected chi connectivity index (χ0v) is 8.99. The minimum absolute atomic E-state index is 0.0633. The fourth-order valence-corrected chi connectivity index (χ4v) is 1.12. The van der Waals surface area contributed by atoms with Crippen LogP contribution in [-0.4, -0.2) is 18.2 Å². The quantitative estimate of drug-likeness (QED) is 0.387. The van der Waals surface area contributed by atoms with Crippen LogP contribution < -0.4 is 11.5 Å². The first-order chi connectivity index (χ1) is 6.51. The first-order valence-electron chi connectivity index (χ1n) is 4.80. The van der Waals surface area contributed by atoms with E-state index in [2.05, 4.69) is 4.99 Å². The Bertz CT molecular complexity index is 208. The zero-order valence-electron chi connectivity index (χ0n) is 8.99. The molecule has 1 atom stereocenters. The van der Waals surface area contributed by atoms with Crippen LogP contribution in [0.5, 0.6) is 0 Å². The predicted octanol–water partition coefficient (Wildman–Crippen LogP) is 0.585. The second-order valence-electron chi connectivity index (χ2n) is 3.10. The lowest BCUT2D eigenvalue weighted by Crippen LogP contribution is -2.27. The van der Waals surface area contributed by atoms with Crippen molar-refractivity contribution in [3.05, 3.63) is 0 Å². The lowest BCUT2D eigenvalue weighted by Gasteiger charge is -2.14. The Balaban J connectivity index is 4.11. The van der Waals surface area contributed by atoms with Crippen LogP contribution in [0.25, 0.3) is 0 Å². The largest absolute Gasteiger partial charge is 0.440 e. The molecular weight excluding hydrogens is 182 g/mol. The Labute approximate surface area is 84.5 Å². The van der Waals surface area contributed by atoms with Gasteiger partial charge in [0.05, 0.1) is 5.92 Å². The molecule has 4 N–H and O–H groups in total. The van der Waals surface area contributed by atoms with Crippen molar-refractivity contribution >= 4 is 11.9 Å². The first kappa shape index (κ1) is 12.7. The summed E-state index contributed by atoms with van der Waals surface area (Å²) in [6.07, 6.45) is 0.932. The van der Waals surface area contributed by atoms with Gasteiger partial charge in [0.25, 0.3) is 0 Å². The maximum Gasteiger partial charge on any atom is 0.310 e. The average Bonchev–Trinajstić information content (AvgIpc) is 2.04. The summed E-state index contributed by atoms with van der Waals surface area (Å²) in [4.78, 5) is 15.1. The summed E-state index contributed by atoms with van der Waals surface area (Å²) < 4.78 is 5.02. The van der Waals surface area contributed by atoms with Crippen molar-refractivity contribution in [1.29, 1.82) is 0 Å². The van der Waals surface area contributed by atoms with Crippen LogP contribution in [0.3, 0.4) is 0 Å². The molecule has 82 valence electrons. The lowest BCUT2D eigenvalue weighted by atomic mass is 10.0. The number of hydrogen-bond acceptors (Lipinski definition) is 3. The number of carbonyl (C=O) groups excluding carboxylic acids is 1. The third kappa shape index (κ3) is 4.69. The molecule has 0 rings (SSSR count). The SMILES string of the molecule is CCC(CC)C(=O)OC(C)N=C(N)N. The van der Waals surface area contributed by atoms with Crippen molar-refractivity contribution in [1.82, 2.24) is 0 Å². The number of ether oxygens (including phenoxy) is 1. The number of carbonyl (C=O) groups is 1. The standard InChI is InChI=1S/C9H19N3O2/c1-4-7(5-2)8(13)14-6(3)12-9(10)11/h6-7H,4-5H2,1-3H3,(H4,10,11,12). The van der Waals surface area contributed by atoms with Gasteiger partial charge in [-0.3, -0.25) is 4.79 Å². The summed E-state index contributed by atoms with van der Waals surface area (Å²) in [6.45, 7) is 5.52. The smallest absolute Gasteiger partial charge is 0.310 e. The summed E-state index contributed by atoms with van der Waals surface area (Å²) in [5.74, 6) is -0.381. The van der Waals surface area contributed by atoms with Gasteiger partial charge in [0.1, 0.15) is 0 Å². The minimum Gasteiger partial charge on any atom is -0.440 e. The van der Waals surface area contributed by atoms with E-state index in [0.29, 0.717) is 0 Å². The third-order valence-electron chi connectivity index (χ3n) is 1.94. The van der Waals surface area contributed by atoms with Crippen molar-refractivity contribution in [3.63, 3.8) is 0 Å². The summed E-state index contributed by atoms with van der Waals surface area (Å²) in [5, 5.41) is 0. The maximum absolute atomic E-state index is 11.4.